The Hall–Kier alpha value is -2.27. The third-order valence-electron chi connectivity index (χ3n) is 3.67. The third-order valence-corrected chi connectivity index (χ3v) is 3.67. The highest BCUT2D eigenvalue weighted by Gasteiger charge is 2.32. The molecule has 2 atom stereocenters. The zero-order valence-corrected chi connectivity index (χ0v) is 11.0. The summed E-state index contributed by atoms with van der Waals surface area (Å²) in [5, 5.41) is 12.7. The topological polar surface area (TPSA) is 49.3 Å². The molecule has 1 aliphatic carbocycles. The molecule has 1 aliphatic rings. The SMILES string of the molecule is O=C(NC1c2ccccc2CC1O)c1ccc(F)cc1F. The minimum Gasteiger partial charge on any atom is -0.390 e. The van der Waals surface area contributed by atoms with E-state index in [-0.39, 0.29) is 5.56 Å². The number of carbonyl (C=O) groups excluding carboxylic acids is 1. The molecule has 0 aliphatic heterocycles. The molecule has 3 nitrogen and oxygen atoms in total. The number of hydrogen-bond donors (Lipinski definition) is 2. The van der Waals surface area contributed by atoms with Gasteiger partial charge in [-0.3, -0.25) is 4.79 Å². The highest BCUT2D eigenvalue weighted by Crippen LogP contribution is 2.31. The zero-order valence-electron chi connectivity index (χ0n) is 11.0. The van der Waals surface area contributed by atoms with Crippen molar-refractivity contribution in [3.63, 3.8) is 0 Å². The first-order chi connectivity index (χ1) is 10.1. The number of halogens is 2. The Morgan fingerprint density at radius 1 is 1.19 bits per heavy atom. The van der Waals surface area contributed by atoms with Gasteiger partial charge in [-0.15, -0.1) is 0 Å². The van der Waals surface area contributed by atoms with E-state index in [1.165, 1.54) is 0 Å². The molecule has 0 radical (unpaired) electrons. The smallest absolute Gasteiger partial charge is 0.254 e. The maximum Gasteiger partial charge on any atom is 0.254 e. The predicted octanol–water partition coefficient (Wildman–Crippen LogP) is 2.35. The van der Waals surface area contributed by atoms with Crippen molar-refractivity contribution >= 4 is 5.91 Å². The van der Waals surface area contributed by atoms with E-state index in [0.717, 1.165) is 23.3 Å². The van der Waals surface area contributed by atoms with Crippen molar-refractivity contribution < 1.29 is 18.7 Å². The van der Waals surface area contributed by atoms with E-state index < -0.39 is 29.7 Å². The Morgan fingerprint density at radius 3 is 2.71 bits per heavy atom. The number of aliphatic hydroxyl groups is 1. The fourth-order valence-electron chi connectivity index (χ4n) is 2.64. The highest BCUT2D eigenvalue weighted by molar-refractivity contribution is 5.94. The molecular formula is C16H13F2NO2. The summed E-state index contributed by atoms with van der Waals surface area (Å²) in [6, 6.07) is 9.56. The number of nitrogens with one attached hydrogen (secondary N) is 1. The summed E-state index contributed by atoms with van der Waals surface area (Å²) in [7, 11) is 0. The minimum atomic E-state index is -0.923. The first kappa shape index (κ1) is 13.7. The molecule has 3 rings (SSSR count). The first-order valence-electron chi connectivity index (χ1n) is 6.58. The number of amides is 1. The fraction of sp³-hybridized carbons (Fsp3) is 0.188. The van der Waals surface area contributed by atoms with Gasteiger partial charge in [0, 0.05) is 12.5 Å². The number of rotatable bonds is 2. The Morgan fingerprint density at radius 2 is 1.95 bits per heavy atom. The van der Waals surface area contributed by atoms with Crippen LogP contribution < -0.4 is 5.32 Å². The zero-order chi connectivity index (χ0) is 15.0. The molecule has 0 aromatic heterocycles. The molecule has 2 N–H and O–H groups in total. The molecule has 1 amide bonds. The molecule has 21 heavy (non-hydrogen) atoms. The van der Waals surface area contributed by atoms with E-state index in [9.17, 15) is 18.7 Å². The first-order valence-corrected chi connectivity index (χ1v) is 6.58. The normalized spacial score (nSPS) is 20.1. The van der Waals surface area contributed by atoms with Crippen LogP contribution in [0.25, 0.3) is 0 Å². The van der Waals surface area contributed by atoms with Crippen LogP contribution in [0.5, 0.6) is 0 Å². The van der Waals surface area contributed by atoms with E-state index in [1.807, 2.05) is 24.3 Å². The second-order valence-corrected chi connectivity index (χ2v) is 5.05. The summed E-state index contributed by atoms with van der Waals surface area (Å²) < 4.78 is 26.5. The molecule has 108 valence electrons. The molecule has 2 unspecified atom stereocenters. The molecule has 0 saturated carbocycles. The van der Waals surface area contributed by atoms with Crippen molar-refractivity contribution in [2.45, 2.75) is 18.6 Å². The van der Waals surface area contributed by atoms with Gasteiger partial charge in [-0.1, -0.05) is 24.3 Å². The quantitative estimate of drug-likeness (QED) is 0.891. The van der Waals surface area contributed by atoms with Gasteiger partial charge in [-0.25, -0.2) is 8.78 Å². The third kappa shape index (κ3) is 2.52. The standard InChI is InChI=1S/C16H13F2NO2/c17-10-5-6-12(13(18)8-10)16(21)19-15-11-4-2-1-3-9(11)7-14(15)20/h1-6,8,14-15,20H,7H2,(H,19,21). The van der Waals surface area contributed by atoms with Gasteiger partial charge < -0.3 is 10.4 Å². The van der Waals surface area contributed by atoms with Gasteiger partial charge in [0.05, 0.1) is 17.7 Å². The predicted molar refractivity (Wildman–Crippen MR) is 72.7 cm³/mol. The Bertz CT molecular complexity index is 702. The van der Waals surface area contributed by atoms with Crippen LogP contribution in [0.15, 0.2) is 42.5 Å². The van der Waals surface area contributed by atoms with Gasteiger partial charge in [0.1, 0.15) is 11.6 Å². The van der Waals surface area contributed by atoms with E-state index in [2.05, 4.69) is 5.32 Å². The van der Waals surface area contributed by atoms with Crippen molar-refractivity contribution in [1.29, 1.82) is 0 Å². The maximum absolute atomic E-state index is 13.6. The van der Waals surface area contributed by atoms with Crippen molar-refractivity contribution in [2.75, 3.05) is 0 Å². The largest absolute Gasteiger partial charge is 0.390 e. The Labute approximate surface area is 120 Å². The van der Waals surface area contributed by atoms with E-state index >= 15 is 0 Å². The summed E-state index contributed by atoms with van der Waals surface area (Å²) in [4.78, 5) is 12.1. The maximum atomic E-state index is 13.6. The number of aliphatic hydroxyl groups excluding tert-OH is 1. The van der Waals surface area contributed by atoms with Crippen LogP contribution >= 0.6 is 0 Å². The van der Waals surface area contributed by atoms with Gasteiger partial charge in [-0.2, -0.15) is 0 Å². The number of hydrogen-bond acceptors (Lipinski definition) is 2. The molecule has 0 spiro atoms. The van der Waals surface area contributed by atoms with Crippen LogP contribution in [-0.2, 0) is 6.42 Å². The molecule has 0 saturated heterocycles. The van der Waals surface area contributed by atoms with Gasteiger partial charge in [0.15, 0.2) is 0 Å². The lowest BCUT2D eigenvalue weighted by Crippen LogP contribution is -2.34. The molecule has 2 aromatic carbocycles. The molecule has 5 heteroatoms. The second-order valence-electron chi connectivity index (χ2n) is 5.05. The monoisotopic (exact) mass is 289 g/mol. The fourth-order valence-corrected chi connectivity index (χ4v) is 2.64. The van der Waals surface area contributed by atoms with E-state index in [0.29, 0.717) is 12.5 Å². The number of fused-ring (bicyclic) bond motifs is 1. The summed E-state index contributed by atoms with van der Waals surface area (Å²) in [5.41, 5.74) is 1.53. The van der Waals surface area contributed by atoms with Gasteiger partial charge in [-0.05, 0) is 23.3 Å². The second kappa shape index (κ2) is 5.26. The summed E-state index contributed by atoms with van der Waals surface area (Å²) in [5.74, 6) is -2.34. The van der Waals surface area contributed by atoms with Crippen molar-refractivity contribution in [2.24, 2.45) is 0 Å². The molecule has 2 aromatic rings. The van der Waals surface area contributed by atoms with Crippen LogP contribution in [0.3, 0.4) is 0 Å². The molecule has 0 heterocycles. The van der Waals surface area contributed by atoms with E-state index in [1.54, 1.807) is 0 Å². The Kier molecular flexibility index (Phi) is 3.43. The van der Waals surface area contributed by atoms with Crippen molar-refractivity contribution in [3.8, 4) is 0 Å². The van der Waals surface area contributed by atoms with Crippen LogP contribution in [0, 0.1) is 11.6 Å². The number of benzene rings is 2. The highest BCUT2D eigenvalue weighted by atomic mass is 19.1. The average molecular weight is 289 g/mol. The lowest BCUT2D eigenvalue weighted by atomic mass is 10.1. The van der Waals surface area contributed by atoms with Crippen LogP contribution in [0.1, 0.15) is 27.5 Å². The summed E-state index contributed by atoms with van der Waals surface area (Å²) >= 11 is 0. The summed E-state index contributed by atoms with van der Waals surface area (Å²) in [6.45, 7) is 0. The van der Waals surface area contributed by atoms with E-state index in [4.69, 9.17) is 0 Å². The van der Waals surface area contributed by atoms with Crippen molar-refractivity contribution in [3.05, 3.63) is 70.8 Å². The van der Waals surface area contributed by atoms with Gasteiger partial charge >= 0.3 is 0 Å². The molecule has 0 fully saturated rings. The Balaban J connectivity index is 1.85. The van der Waals surface area contributed by atoms with Crippen LogP contribution in [-0.4, -0.2) is 17.1 Å². The van der Waals surface area contributed by atoms with Crippen molar-refractivity contribution in [1.82, 2.24) is 5.32 Å². The lowest BCUT2D eigenvalue weighted by Gasteiger charge is -2.18. The molecular weight excluding hydrogens is 276 g/mol. The van der Waals surface area contributed by atoms with Gasteiger partial charge in [0.25, 0.3) is 5.91 Å². The van der Waals surface area contributed by atoms with Crippen LogP contribution in [0.2, 0.25) is 0 Å². The minimum absolute atomic E-state index is 0.243. The molecule has 0 bridgehead atoms. The average Bonchev–Trinajstić information content (AvgIpc) is 2.75. The lowest BCUT2D eigenvalue weighted by molar-refractivity contribution is 0.0854. The van der Waals surface area contributed by atoms with Gasteiger partial charge in [0.2, 0.25) is 0 Å². The summed E-state index contributed by atoms with van der Waals surface area (Å²) in [6.07, 6.45) is -0.317. The van der Waals surface area contributed by atoms with Crippen LogP contribution in [0.4, 0.5) is 8.78 Å². The number of carbonyl (C=O) groups is 1.